The molecule has 1 aliphatic rings. The third kappa shape index (κ3) is 2.65. The molecule has 2 nitrogen and oxygen atoms in total. The number of carboxylic acids is 1. The average Bonchev–Trinajstić information content (AvgIpc) is 2.54. The summed E-state index contributed by atoms with van der Waals surface area (Å²) in [4.78, 5) is 12.2. The molecule has 1 N–H and O–H groups in total. The van der Waals surface area contributed by atoms with Crippen LogP contribution in [0, 0.1) is 0 Å². The summed E-state index contributed by atoms with van der Waals surface area (Å²) in [5.41, 5.74) is 2.21. The summed E-state index contributed by atoms with van der Waals surface area (Å²) in [5, 5.41) is 9.58. The van der Waals surface area contributed by atoms with Gasteiger partial charge in [0.15, 0.2) is 0 Å². The number of fused-ring (bicyclic) bond motifs is 1. The fraction of sp³-hybridized carbons (Fsp3) is 0.500. The van der Waals surface area contributed by atoms with Crippen molar-refractivity contribution in [3.63, 3.8) is 0 Å². The van der Waals surface area contributed by atoms with Crippen LogP contribution in [0.2, 0.25) is 0 Å². The molecular weight excluding hydrogens is 232 g/mol. The predicted octanol–water partition coefficient (Wildman–Crippen LogP) is 3.48. The second-order valence-corrected chi connectivity index (χ2v) is 6.89. The van der Waals surface area contributed by atoms with E-state index in [1.54, 1.807) is 0 Å². The molecule has 0 saturated carbocycles. The molecule has 1 heterocycles. The highest BCUT2D eigenvalue weighted by Gasteiger charge is 2.26. The number of thioether (sulfide) groups is 1. The second kappa shape index (κ2) is 4.37. The van der Waals surface area contributed by atoms with Crippen molar-refractivity contribution < 1.29 is 9.90 Å². The minimum atomic E-state index is -0.738. The van der Waals surface area contributed by atoms with Gasteiger partial charge in [0.2, 0.25) is 0 Å². The van der Waals surface area contributed by atoms with Gasteiger partial charge in [0.25, 0.3) is 0 Å². The molecule has 0 amide bonds. The Morgan fingerprint density at radius 3 is 2.88 bits per heavy atom. The van der Waals surface area contributed by atoms with Crippen LogP contribution in [0.15, 0.2) is 23.1 Å². The zero-order valence-electron chi connectivity index (χ0n) is 10.5. The van der Waals surface area contributed by atoms with Crippen LogP contribution in [0.1, 0.15) is 38.3 Å². The molecule has 0 fully saturated rings. The van der Waals surface area contributed by atoms with E-state index >= 15 is 0 Å². The van der Waals surface area contributed by atoms with Gasteiger partial charge in [-0.15, -0.1) is 11.8 Å². The van der Waals surface area contributed by atoms with E-state index in [4.69, 9.17) is 5.11 Å². The summed E-state index contributed by atoms with van der Waals surface area (Å²) in [7, 11) is 0. The van der Waals surface area contributed by atoms with Crippen LogP contribution in [0.5, 0.6) is 0 Å². The van der Waals surface area contributed by atoms with Crippen molar-refractivity contribution in [2.45, 2.75) is 49.2 Å². The van der Waals surface area contributed by atoms with Crippen molar-refractivity contribution in [1.82, 2.24) is 0 Å². The van der Waals surface area contributed by atoms with Crippen LogP contribution in [0.4, 0.5) is 0 Å². The Bertz CT molecular complexity index is 452. The van der Waals surface area contributed by atoms with Crippen molar-refractivity contribution in [2.24, 2.45) is 0 Å². The molecule has 0 bridgehead atoms. The van der Waals surface area contributed by atoms with Gasteiger partial charge >= 0.3 is 5.97 Å². The van der Waals surface area contributed by atoms with E-state index < -0.39 is 5.97 Å². The molecule has 3 heteroatoms. The lowest BCUT2D eigenvalue weighted by Crippen LogP contribution is -2.21. The molecule has 1 aromatic rings. The highest BCUT2D eigenvalue weighted by molar-refractivity contribution is 8.00. The van der Waals surface area contributed by atoms with Gasteiger partial charge in [-0.05, 0) is 23.6 Å². The monoisotopic (exact) mass is 250 g/mol. The summed E-state index contributed by atoms with van der Waals surface area (Å²) < 4.78 is 0. The molecular formula is C14H18O2S. The lowest BCUT2D eigenvalue weighted by atomic mass is 9.81. The van der Waals surface area contributed by atoms with Crippen molar-refractivity contribution in [3.8, 4) is 0 Å². The highest BCUT2D eigenvalue weighted by atomic mass is 32.2. The first-order valence-electron chi connectivity index (χ1n) is 5.90. The van der Waals surface area contributed by atoms with Crippen molar-refractivity contribution in [1.29, 1.82) is 0 Å². The number of hydrogen-bond donors (Lipinski definition) is 1. The maximum Gasteiger partial charge on any atom is 0.304 e. The summed E-state index contributed by atoms with van der Waals surface area (Å²) in [6, 6.07) is 6.41. The van der Waals surface area contributed by atoms with E-state index in [2.05, 4.69) is 25.1 Å². The van der Waals surface area contributed by atoms with Gasteiger partial charge in [-0.2, -0.15) is 0 Å². The largest absolute Gasteiger partial charge is 0.481 e. The normalized spacial score (nSPS) is 19.1. The van der Waals surface area contributed by atoms with Gasteiger partial charge in [-0.1, -0.05) is 32.9 Å². The minimum Gasteiger partial charge on any atom is -0.481 e. The molecule has 0 aromatic heterocycles. The Labute approximate surface area is 106 Å². The molecule has 1 atom stereocenters. The van der Waals surface area contributed by atoms with Crippen LogP contribution in [-0.2, 0) is 16.6 Å². The lowest BCUT2D eigenvalue weighted by Gasteiger charge is -2.23. The quantitative estimate of drug-likeness (QED) is 0.892. The maximum absolute atomic E-state index is 10.9. The molecule has 92 valence electrons. The molecule has 1 unspecified atom stereocenters. The summed E-state index contributed by atoms with van der Waals surface area (Å²) in [6.45, 7) is 6.22. The Balaban J connectivity index is 2.29. The fourth-order valence-electron chi connectivity index (χ4n) is 2.32. The topological polar surface area (TPSA) is 37.3 Å². The fourth-order valence-corrected chi connectivity index (χ4v) is 3.46. The van der Waals surface area contributed by atoms with Crippen LogP contribution >= 0.6 is 11.8 Å². The number of carbonyl (C=O) groups is 1. The minimum absolute atomic E-state index is 0.175. The van der Waals surface area contributed by atoms with Gasteiger partial charge in [0.05, 0.1) is 6.42 Å². The first kappa shape index (κ1) is 12.5. The number of carboxylic acid groups (broad SMARTS) is 1. The number of benzene rings is 1. The molecule has 1 aromatic carbocycles. The third-order valence-electron chi connectivity index (χ3n) is 3.27. The summed E-state index contributed by atoms with van der Waals surface area (Å²) in [5.74, 6) is -0.738. The van der Waals surface area contributed by atoms with E-state index in [0.717, 1.165) is 12.0 Å². The molecule has 2 rings (SSSR count). The van der Waals surface area contributed by atoms with Gasteiger partial charge in [0.1, 0.15) is 0 Å². The average molecular weight is 250 g/mol. The lowest BCUT2D eigenvalue weighted by molar-refractivity contribution is -0.138. The first-order valence-corrected chi connectivity index (χ1v) is 6.78. The van der Waals surface area contributed by atoms with E-state index in [-0.39, 0.29) is 11.8 Å². The Hall–Kier alpha value is -0.960. The third-order valence-corrected chi connectivity index (χ3v) is 4.49. The van der Waals surface area contributed by atoms with Crippen LogP contribution in [0.3, 0.4) is 0 Å². The molecule has 17 heavy (non-hydrogen) atoms. The van der Waals surface area contributed by atoms with Gasteiger partial charge in [-0.3, -0.25) is 4.79 Å². The SMILES string of the molecule is CC1Cc2cc(C(C)(C)CC(=O)O)ccc2S1. The molecule has 0 radical (unpaired) electrons. The number of hydrogen-bond acceptors (Lipinski definition) is 2. The van der Waals surface area contributed by atoms with E-state index in [1.807, 2.05) is 25.6 Å². The van der Waals surface area contributed by atoms with Crippen molar-refractivity contribution >= 4 is 17.7 Å². The van der Waals surface area contributed by atoms with Crippen LogP contribution in [-0.4, -0.2) is 16.3 Å². The number of rotatable bonds is 3. The van der Waals surface area contributed by atoms with Crippen molar-refractivity contribution in [3.05, 3.63) is 29.3 Å². The Kier molecular flexibility index (Phi) is 3.21. The van der Waals surface area contributed by atoms with E-state index in [9.17, 15) is 4.79 Å². The van der Waals surface area contributed by atoms with E-state index in [0.29, 0.717) is 5.25 Å². The Morgan fingerprint density at radius 2 is 2.24 bits per heavy atom. The highest BCUT2D eigenvalue weighted by Crippen LogP contribution is 2.39. The van der Waals surface area contributed by atoms with E-state index in [1.165, 1.54) is 10.5 Å². The summed E-state index contributed by atoms with van der Waals surface area (Å²) in [6.07, 6.45) is 1.27. The molecule has 1 aliphatic heterocycles. The zero-order chi connectivity index (χ0) is 12.6. The summed E-state index contributed by atoms with van der Waals surface area (Å²) >= 11 is 1.91. The van der Waals surface area contributed by atoms with Crippen molar-refractivity contribution in [2.75, 3.05) is 0 Å². The van der Waals surface area contributed by atoms with Gasteiger partial charge < -0.3 is 5.11 Å². The maximum atomic E-state index is 10.9. The van der Waals surface area contributed by atoms with Crippen LogP contribution < -0.4 is 0 Å². The van der Waals surface area contributed by atoms with Gasteiger partial charge in [0, 0.05) is 15.6 Å². The predicted molar refractivity (Wildman–Crippen MR) is 70.7 cm³/mol. The number of aliphatic carboxylic acids is 1. The van der Waals surface area contributed by atoms with Gasteiger partial charge in [-0.25, -0.2) is 0 Å². The zero-order valence-corrected chi connectivity index (χ0v) is 11.3. The molecule has 0 saturated heterocycles. The molecule has 0 spiro atoms. The molecule has 0 aliphatic carbocycles. The standard InChI is InChI=1S/C14H18O2S/c1-9-6-10-7-11(4-5-12(10)17-9)14(2,3)8-13(15)16/h4-5,7,9H,6,8H2,1-3H3,(H,15,16). The second-order valence-electron chi connectivity index (χ2n) is 5.41. The van der Waals surface area contributed by atoms with Crippen LogP contribution in [0.25, 0.3) is 0 Å². The first-order chi connectivity index (χ1) is 7.88. The Morgan fingerprint density at radius 1 is 1.53 bits per heavy atom. The smallest absolute Gasteiger partial charge is 0.304 e.